The molecule has 2 N–H and O–H groups in total. The van der Waals surface area contributed by atoms with Crippen molar-refractivity contribution in [3.05, 3.63) is 28.2 Å². The van der Waals surface area contributed by atoms with E-state index in [1.165, 1.54) is 4.88 Å². The molecule has 3 heteroatoms. The highest BCUT2D eigenvalue weighted by atomic mass is 32.1. The highest BCUT2D eigenvalue weighted by molar-refractivity contribution is 7.09. The van der Waals surface area contributed by atoms with Crippen LogP contribution in [0.1, 0.15) is 30.0 Å². The average Bonchev–Trinajstić information content (AvgIpc) is 2.33. The Labute approximate surface area is 77.1 Å². The van der Waals surface area contributed by atoms with Gasteiger partial charge >= 0.3 is 0 Å². The highest BCUT2D eigenvalue weighted by Gasteiger charge is 2.10. The van der Waals surface area contributed by atoms with Crippen LogP contribution in [0.5, 0.6) is 0 Å². The first-order chi connectivity index (χ1) is 5.61. The Balaban J connectivity index is 2.71. The summed E-state index contributed by atoms with van der Waals surface area (Å²) >= 11 is 1.62. The predicted molar refractivity (Wildman–Crippen MR) is 53.2 cm³/mol. The maximum absolute atomic E-state index is 5.95. The molecule has 0 spiro atoms. The minimum absolute atomic E-state index is 0.0787. The van der Waals surface area contributed by atoms with Crippen LogP contribution >= 0.6 is 11.3 Å². The molecule has 2 nitrogen and oxygen atoms in total. The first-order valence-electron chi connectivity index (χ1n) is 3.91. The number of thiazole rings is 1. The molecule has 0 aliphatic carbocycles. The first kappa shape index (κ1) is 9.42. The third-order valence-corrected chi connectivity index (χ3v) is 2.75. The van der Waals surface area contributed by atoms with Crippen LogP contribution in [-0.4, -0.2) is 4.98 Å². The van der Waals surface area contributed by atoms with Crippen LogP contribution in [0, 0.1) is 6.92 Å². The van der Waals surface area contributed by atoms with Crippen molar-refractivity contribution in [3.8, 4) is 0 Å². The van der Waals surface area contributed by atoms with Gasteiger partial charge in [0, 0.05) is 10.9 Å². The number of nitrogens with two attached hydrogens (primary N) is 1. The Morgan fingerprint density at radius 1 is 1.83 bits per heavy atom. The van der Waals surface area contributed by atoms with E-state index in [-0.39, 0.29) is 6.04 Å². The molecular formula is C9H14N2S. The Morgan fingerprint density at radius 3 is 2.92 bits per heavy atom. The predicted octanol–water partition coefficient (Wildman–Crippen LogP) is 2.42. The first-order valence-corrected chi connectivity index (χ1v) is 4.79. The smallest absolute Gasteiger partial charge is 0.0798 e. The Kier molecular flexibility index (Phi) is 3.00. The molecule has 0 saturated carbocycles. The molecule has 0 aliphatic rings. The third kappa shape index (κ3) is 2.16. The van der Waals surface area contributed by atoms with Crippen LogP contribution < -0.4 is 5.73 Å². The van der Waals surface area contributed by atoms with Crippen LogP contribution in [0.3, 0.4) is 0 Å². The zero-order valence-electron chi connectivity index (χ0n) is 7.50. The van der Waals surface area contributed by atoms with E-state index in [1.54, 1.807) is 11.3 Å². The van der Waals surface area contributed by atoms with Gasteiger partial charge in [-0.25, -0.2) is 4.98 Å². The van der Waals surface area contributed by atoms with Gasteiger partial charge in [0.05, 0.1) is 11.2 Å². The molecule has 0 aromatic carbocycles. The highest BCUT2D eigenvalue weighted by Crippen LogP contribution is 2.23. The van der Waals surface area contributed by atoms with Crippen molar-refractivity contribution in [2.75, 3.05) is 0 Å². The zero-order chi connectivity index (χ0) is 9.14. The zero-order valence-corrected chi connectivity index (χ0v) is 8.32. The fraction of sp³-hybridized carbons (Fsp3) is 0.444. The summed E-state index contributed by atoms with van der Waals surface area (Å²) in [6.07, 6.45) is 0.850. The fourth-order valence-electron chi connectivity index (χ4n) is 1.13. The molecular weight excluding hydrogens is 168 g/mol. The van der Waals surface area contributed by atoms with Gasteiger partial charge in [0.1, 0.15) is 0 Å². The molecule has 0 bridgehead atoms. The second kappa shape index (κ2) is 3.83. The van der Waals surface area contributed by atoms with Crippen molar-refractivity contribution < 1.29 is 0 Å². The molecule has 1 heterocycles. The van der Waals surface area contributed by atoms with E-state index < -0.39 is 0 Å². The summed E-state index contributed by atoms with van der Waals surface area (Å²) in [5.41, 5.74) is 9.96. The standard InChI is InChI=1S/C9H14N2S/c1-6(2)4-8(10)9-7(3)11-5-12-9/h5,8H,1,4,10H2,2-3H3. The summed E-state index contributed by atoms with van der Waals surface area (Å²) in [5, 5.41) is 0. The number of aromatic nitrogens is 1. The maximum atomic E-state index is 5.95. The van der Waals surface area contributed by atoms with Gasteiger partial charge in [-0.1, -0.05) is 5.57 Å². The molecule has 0 fully saturated rings. The number of hydrogen-bond donors (Lipinski definition) is 1. The summed E-state index contributed by atoms with van der Waals surface area (Å²) < 4.78 is 0. The van der Waals surface area contributed by atoms with E-state index in [0.717, 1.165) is 17.7 Å². The van der Waals surface area contributed by atoms with Crippen LogP contribution in [-0.2, 0) is 0 Å². The summed E-state index contributed by atoms with van der Waals surface area (Å²) in [6, 6.07) is 0.0787. The summed E-state index contributed by atoms with van der Waals surface area (Å²) in [5.74, 6) is 0. The molecule has 0 saturated heterocycles. The van der Waals surface area contributed by atoms with Crippen molar-refractivity contribution in [3.63, 3.8) is 0 Å². The minimum atomic E-state index is 0.0787. The molecule has 0 aliphatic heterocycles. The number of rotatable bonds is 3. The molecule has 1 aromatic heterocycles. The molecule has 12 heavy (non-hydrogen) atoms. The van der Waals surface area contributed by atoms with E-state index in [1.807, 2.05) is 19.4 Å². The molecule has 0 amide bonds. The molecule has 1 atom stereocenters. The minimum Gasteiger partial charge on any atom is -0.323 e. The van der Waals surface area contributed by atoms with E-state index in [9.17, 15) is 0 Å². The van der Waals surface area contributed by atoms with Gasteiger partial charge in [-0.2, -0.15) is 0 Å². The van der Waals surface area contributed by atoms with Crippen LogP contribution in [0.25, 0.3) is 0 Å². The molecule has 1 rings (SSSR count). The Hall–Kier alpha value is -0.670. The summed E-state index contributed by atoms with van der Waals surface area (Å²) in [6.45, 7) is 7.83. The Morgan fingerprint density at radius 2 is 2.50 bits per heavy atom. The van der Waals surface area contributed by atoms with Crippen LogP contribution in [0.2, 0.25) is 0 Å². The summed E-state index contributed by atoms with van der Waals surface area (Å²) in [7, 11) is 0. The van der Waals surface area contributed by atoms with E-state index in [0.29, 0.717) is 0 Å². The van der Waals surface area contributed by atoms with E-state index >= 15 is 0 Å². The lowest BCUT2D eigenvalue weighted by Crippen LogP contribution is -2.09. The van der Waals surface area contributed by atoms with Crippen molar-refractivity contribution >= 4 is 11.3 Å². The fourth-order valence-corrected chi connectivity index (χ4v) is 1.94. The van der Waals surface area contributed by atoms with Gasteiger partial charge in [-0.3, -0.25) is 0 Å². The van der Waals surface area contributed by atoms with Crippen molar-refractivity contribution in [1.29, 1.82) is 0 Å². The topological polar surface area (TPSA) is 38.9 Å². The van der Waals surface area contributed by atoms with Crippen molar-refractivity contribution in [2.45, 2.75) is 26.3 Å². The second-order valence-corrected chi connectivity index (χ2v) is 3.96. The quantitative estimate of drug-likeness (QED) is 0.729. The second-order valence-electron chi connectivity index (χ2n) is 3.07. The van der Waals surface area contributed by atoms with Gasteiger partial charge in [0.2, 0.25) is 0 Å². The van der Waals surface area contributed by atoms with Gasteiger partial charge in [-0.15, -0.1) is 17.9 Å². The Bertz CT molecular complexity index is 278. The molecule has 1 unspecified atom stereocenters. The van der Waals surface area contributed by atoms with Gasteiger partial charge < -0.3 is 5.73 Å². The number of nitrogens with zero attached hydrogens (tertiary/aromatic N) is 1. The lowest BCUT2D eigenvalue weighted by molar-refractivity contribution is 0.724. The normalized spacial score (nSPS) is 12.9. The van der Waals surface area contributed by atoms with Crippen molar-refractivity contribution in [2.24, 2.45) is 5.73 Å². The largest absolute Gasteiger partial charge is 0.323 e. The van der Waals surface area contributed by atoms with E-state index in [2.05, 4.69) is 11.6 Å². The average molecular weight is 182 g/mol. The van der Waals surface area contributed by atoms with E-state index in [4.69, 9.17) is 5.73 Å². The maximum Gasteiger partial charge on any atom is 0.0798 e. The lowest BCUT2D eigenvalue weighted by atomic mass is 10.1. The van der Waals surface area contributed by atoms with Crippen LogP contribution in [0.4, 0.5) is 0 Å². The SMILES string of the molecule is C=C(C)CC(N)c1scnc1C. The monoisotopic (exact) mass is 182 g/mol. The van der Waals surface area contributed by atoms with Gasteiger partial charge in [-0.05, 0) is 20.3 Å². The van der Waals surface area contributed by atoms with Crippen LogP contribution in [0.15, 0.2) is 17.7 Å². The van der Waals surface area contributed by atoms with Gasteiger partial charge in [0.15, 0.2) is 0 Å². The number of hydrogen-bond acceptors (Lipinski definition) is 3. The molecule has 0 radical (unpaired) electrons. The van der Waals surface area contributed by atoms with Crippen molar-refractivity contribution in [1.82, 2.24) is 4.98 Å². The lowest BCUT2D eigenvalue weighted by Gasteiger charge is -2.09. The molecule has 66 valence electrons. The number of aryl methyl sites for hydroxylation is 1. The summed E-state index contributed by atoms with van der Waals surface area (Å²) in [4.78, 5) is 5.33. The molecule has 1 aromatic rings. The van der Waals surface area contributed by atoms with Gasteiger partial charge in [0.25, 0.3) is 0 Å². The third-order valence-electron chi connectivity index (χ3n) is 1.69.